The van der Waals surface area contributed by atoms with Gasteiger partial charge in [0.15, 0.2) is 17.5 Å². The van der Waals surface area contributed by atoms with E-state index < -0.39 is 0 Å². The van der Waals surface area contributed by atoms with Crippen molar-refractivity contribution in [1.29, 1.82) is 0 Å². The van der Waals surface area contributed by atoms with E-state index in [4.69, 9.17) is 9.47 Å². The molecule has 0 amide bonds. The Morgan fingerprint density at radius 3 is 2.48 bits per heavy atom. The van der Waals surface area contributed by atoms with E-state index in [1.165, 1.54) is 12.8 Å². The number of nitrogens with one attached hydrogen (secondary N) is 2. The SMILES string of the molecule is CCOc1ccc(C(C)NC(=NC)NCCN(CC)C2CC2)cc1OCC. The lowest BCUT2D eigenvalue weighted by Gasteiger charge is -2.22. The fourth-order valence-corrected chi connectivity index (χ4v) is 3.18. The van der Waals surface area contributed by atoms with Crippen LogP contribution in [-0.2, 0) is 0 Å². The maximum atomic E-state index is 5.74. The van der Waals surface area contributed by atoms with Gasteiger partial charge in [0.05, 0.1) is 19.3 Å². The van der Waals surface area contributed by atoms with Gasteiger partial charge in [-0.2, -0.15) is 0 Å². The highest BCUT2D eigenvalue weighted by Crippen LogP contribution is 2.30. The van der Waals surface area contributed by atoms with Crippen LogP contribution in [0.25, 0.3) is 0 Å². The predicted octanol–water partition coefficient (Wildman–Crippen LogP) is 3.19. The third-order valence-corrected chi connectivity index (χ3v) is 4.81. The quantitative estimate of drug-likeness (QED) is 0.459. The van der Waals surface area contributed by atoms with Crippen molar-refractivity contribution in [3.8, 4) is 11.5 Å². The average Bonchev–Trinajstić information content (AvgIpc) is 3.51. The molecule has 6 nitrogen and oxygen atoms in total. The highest BCUT2D eigenvalue weighted by atomic mass is 16.5. The lowest BCUT2D eigenvalue weighted by molar-refractivity contribution is 0.282. The third kappa shape index (κ3) is 6.61. The number of hydrogen-bond acceptors (Lipinski definition) is 4. The van der Waals surface area contributed by atoms with Crippen molar-refractivity contribution in [2.45, 2.75) is 52.6 Å². The van der Waals surface area contributed by atoms with Crippen molar-refractivity contribution < 1.29 is 9.47 Å². The van der Waals surface area contributed by atoms with E-state index in [0.717, 1.165) is 48.7 Å². The van der Waals surface area contributed by atoms with E-state index in [-0.39, 0.29) is 6.04 Å². The van der Waals surface area contributed by atoms with Gasteiger partial charge >= 0.3 is 0 Å². The number of likely N-dealkylation sites (N-methyl/N-ethyl adjacent to an activating group) is 1. The molecular weight excluding hydrogens is 340 g/mol. The van der Waals surface area contributed by atoms with Crippen molar-refractivity contribution in [1.82, 2.24) is 15.5 Å². The molecule has 6 heteroatoms. The Morgan fingerprint density at radius 1 is 1.19 bits per heavy atom. The third-order valence-electron chi connectivity index (χ3n) is 4.81. The summed E-state index contributed by atoms with van der Waals surface area (Å²) < 4.78 is 11.4. The molecule has 2 N–H and O–H groups in total. The minimum absolute atomic E-state index is 0.108. The van der Waals surface area contributed by atoms with Gasteiger partial charge in [-0.1, -0.05) is 13.0 Å². The molecule has 0 spiro atoms. The van der Waals surface area contributed by atoms with Crippen LogP contribution < -0.4 is 20.1 Å². The Labute approximate surface area is 164 Å². The van der Waals surface area contributed by atoms with Crippen LogP contribution in [-0.4, -0.2) is 56.8 Å². The molecule has 0 heterocycles. The Kier molecular flexibility index (Phi) is 8.72. The fraction of sp³-hybridized carbons (Fsp3) is 0.667. The molecule has 1 aromatic carbocycles. The average molecular weight is 377 g/mol. The van der Waals surface area contributed by atoms with Gasteiger partial charge < -0.3 is 20.1 Å². The molecule has 152 valence electrons. The van der Waals surface area contributed by atoms with Crippen LogP contribution in [0.3, 0.4) is 0 Å². The number of nitrogens with zero attached hydrogens (tertiary/aromatic N) is 2. The summed E-state index contributed by atoms with van der Waals surface area (Å²) in [5.41, 5.74) is 1.14. The van der Waals surface area contributed by atoms with Crippen LogP contribution in [0.15, 0.2) is 23.2 Å². The Bertz CT molecular complexity index is 602. The molecule has 1 saturated carbocycles. The normalized spacial score (nSPS) is 15.6. The summed E-state index contributed by atoms with van der Waals surface area (Å²) in [4.78, 5) is 6.89. The molecule has 0 radical (unpaired) electrons. The standard InChI is InChI=1S/C21H36N4O2/c1-6-25(18-10-11-18)14-13-23-21(22-5)24-16(4)17-9-12-19(26-7-2)20(15-17)27-8-3/h9,12,15-16,18H,6-8,10-11,13-14H2,1-5H3,(H2,22,23,24). The molecule has 27 heavy (non-hydrogen) atoms. The van der Waals surface area contributed by atoms with Crippen LogP contribution in [0.4, 0.5) is 0 Å². The molecular formula is C21H36N4O2. The molecule has 1 aliphatic carbocycles. The van der Waals surface area contributed by atoms with Crippen molar-refractivity contribution in [3.63, 3.8) is 0 Å². The first-order valence-electron chi connectivity index (χ1n) is 10.2. The number of aliphatic imine (C=N–C) groups is 1. The highest BCUT2D eigenvalue weighted by Gasteiger charge is 2.27. The van der Waals surface area contributed by atoms with Gasteiger partial charge in [0.25, 0.3) is 0 Å². The number of benzene rings is 1. The van der Waals surface area contributed by atoms with Gasteiger partial charge in [-0.25, -0.2) is 0 Å². The highest BCUT2D eigenvalue weighted by molar-refractivity contribution is 5.80. The van der Waals surface area contributed by atoms with E-state index in [2.05, 4.69) is 40.4 Å². The van der Waals surface area contributed by atoms with E-state index in [9.17, 15) is 0 Å². The molecule has 0 aliphatic heterocycles. The Balaban J connectivity index is 1.91. The smallest absolute Gasteiger partial charge is 0.191 e. The minimum Gasteiger partial charge on any atom is -0.490 e. The zero-order chi connectivity index (χ0) is 19.6. The van der Waals surface area contributed by atoms with E-state index in [0.29, 0.717) is 13.2 Å². The van der Waals surface area contributed by atoms with E-state index >= 15 is 0 Å². The largest absolute Gasteiger partial charge is 0.490 e. The molecule has 1 unspecified atom stereocenters. The topological polar surface area (TPSA) is 58.1 Å². The van der Waals surface area contributed by atoms with Crippen molar-refractivity contribution in [2.24, 2.45) is 4.99 Å². The van der Waals surface area contributed by atoms with Gasteiger partial charge in [0, 0.05) is 26.2 Å². The van der Waals surface area contributed by atoms with E-state index in [1.807, 2.05) is 33.0 Å². The molecule has 1 aliphatic rings. The Hall–Kier alpha value is -1.95. The minimum atomic E-state index is 0.108. The van der Waals surface area contributed by atoms with Crippen LogP contribution in [0.5, 0.6) is 11.5 Å². The molecule has 1 atom stereocenters. The summed E-state index contributed by atoms with van der Waals surface area (Å²) in [6, 6.07) is 7.01. The summed E-state index contributed by atoms with van der Waals surface area (Å²) in [6.07, 6.45) is 2.69. The van der Waals surface area contributed by atoms with Crippen LogP contribution in [0.1, 0.15) is 52.1 Å². The maximum Gasteiger partial charge on any atom is 0.191 e. The van der Waals surface area contributed by atoms with E-state index in [1.54, 1.807) is 0 Å². The summed E-state index contributed by atoms with van der Waals surface area (Å²) >= 11 is 0. The van der Waals surface area contributed by atoms with Crippen molar-refractivity contribution >= 4 is 5.96 Å². The lowest BCUT2D eigenvalue weighted by atomic mass is 10.1. The van der Waals surface area contributed by atoms with Gasteiger partial charge in [-0.15, -0.1) is 0 Å². The number of rotatable bonds is 11. The van der Waals surface area contributed by atoms with Gasteiger partial charge in [-0.3, -0.25) is 9.89 Å². The molecule has 1 aromatic rings. The van der Waals surface area contributed by atoms with Gasteiger partial charge in [-0.05, 0) is 57.9 Å². The summed E-state index contributed by atoms with van der Waals surface area (Å²) in [5, 5.41) is 6.89. The first kappa shape index (κ1) is 21.4. The molecule has 1 fully saturated rings. The monoisotopic (exact) mass is 376 g/mol. The second-order valence-electron chi connectivity index (χ2n) is 6.80. The lowest BCUT2D eigenvalue weighted by Crippen LogP contribution is -2.42. The second kappa shape index (κ2) is 11.0. The first-order chi connectivity index (χ1) is 13.1. The number of ether oxygens (including phenoxy) is 2. The predicted molar refractivity (Wildman–Crippen MR) is 112 cm³/mol. The van der Waals surface area contributed by atoms with Gasteiger partial charge in [0.2, 0.25) is 0 Å². The number of guanidine groups is 1. The number of hydrogen-bond donors (Lipinski definition) is 2. The van der Waals surface area contributed by atoms with Crippen LogP contribution in [0.2, 0.25) is 0 Å². The molecule has 2 rings (SSSR count). The zero-order valence-electron chi connectivity index (χ0n) is 17.5. The Morgan fingerprint density at radius 2 is 1.89 bits per heavy atom. The maximum absolute atomic E-state index is 5.74. The molecule has 0 bridgehead atoms. The summed E-state index contributed by atoms with van der Waals surface area (Å²) in [6.45, 7) is 12.6. The van der Waals surface area contributed by atoms with Crippen LogP contribution >= 0.6 is 0 Å². The van der Waals surface area contributed by atoms with Crippen molar-refractivity contribution in [3.05, 3.63) is 23.8 Å². The summed E-state index contributed by atoms with van der Waals surface area (Å²) in [7, 11) is 1.81. The molecule has 0 saturated heterocycles. The zero-order valence-corrected chi connectivity index (χ0v) is 17.5. The van der Waals surface area contributed by atoms with Gasteiger partial charge in [0.1, 0.15) is 0 Å². The fourth-order valence-electron chi connectivity index (χ4n) is 3.18. The first-order valence-corrected chi connectivity index (χ1v) is 10.2. The van der Waals surface area contributed by atoms with Crippen LogP contribution in [0, 0.1) is 0 Å². The molecule has 0 aromatic heterocycles. The van der Waals surface area contributed by atoms with Crippen molar-refractivity contribution in [2.75, 3.05) is 39.9 Å². The summed E-state index contributed by atoms with van der Waals surface area (Å²) in [5.74, 6) is 2.40. The second-order valence-corrected chi connectivity index (χ2v) is 6.80.